The van der Waals surface area contributed by atoms with Crippen LogP contribution in [0.15, 0.2) is 85.1 Å². The number of halogens is 1. The van der Waals surface area contributed by atoms with Crippen molar-refractivity contribution in [2.24, 2.45) is 0 Å². The van der Waals surface area contributed by atoms with E-state index in [1.54, 1.807) is 12.1 Å². The van der Waals surface area contributed by atoms with Crippen LogP contribution in [0, 0.1) is 5.82 Å². The highest BCUT2D eigenvalue weighted by atomic mass is 19.1. The molecule has 1 atom stereocenters. The van der Waals surface area contributed by atoms with Gasteiger partial charge in [0.2, 0.25) is 0 Å². The second kappa shape index (κ2) is 7.96. The number of H-pyrrole nitrogens is 1. The summed E-state index contributed by atoms with van der Waals surface area (Å²) in [7, 11) is 0. The minimum atomic E-state index is -0.464. The molecule has 2 amide bonds. The van der Waals surface area contributed by atoms with Crippen LogP contribution in [0.1, 0.15) is 17.0 Å². The van der Waals surface area contributed by atoms with Gasteiger partial charge in [0.05, 0.1) is 5.69 Å². The number of amides is 2. The van der Waals surface area contributed by atoms with Crippen molar-refractivity contribution in [3.8, 4) is 0 Å². The smallest absolute Gasteiger partial charge is 0.319 e. The van der Waals surface area contributed by atoms with Crippen molar-refractivity contribution >= 4 is 22.6 Å². The fourth-order valence-corrected chi connectivity index (χ4v) is 3.40. The third kappa shape index (κ3) is 3.74. The molecule has 4 rings (SSSR count). The number of para-hydroxylation sites is 2. The molecule has 0 bridgehead atoms. The number of benzene rings is 3. The topological polar surface area (TPSA) is 56.9 Å². The van der Waals surface area contributed by atoms with Gasteiger partial charge >= 0.3 is 6.03 Å². The molecular formula is C23H20FN3O. The van der Waals surface area contributed by atoms with Gasteiger partial charge < -0.3 is 15.6 Å². The van der Waals surface area contributed by atoms with Crippen molar-refractivity contribution in [3.05, 3.63) is 102 Å². The number of carbonyl (C=O) groups excluding carboxylic acids is 1. The van der Waals surface area contributed by atoms with E-state index in [1.807, 2.05) is 54.7 Å². The first-order valence-corrected chi connectivity index (χ1v) is 9.12. The molecule has 0 fully saturated rings. The molecule has 0 aliphatic rings. The standard InChI is InChI=1S/C23H20FN3O/c24-20-11-5-7-13-22(20)27-23(28)26-14-18(16-8-2-1-3-9-16)19-15-25-21-12-6-4-10-17(19)21/h1-13,15,18,25H,14H2,(H2,26,27,28)/t18-/m0/s1. The molecule has 0 saturated carbocycles. The van der Waals surface area contributed by atoms with Crippen LogP contribution in [-0.4, -0.2) is 17.6 Å². The minimum Gasteiger partial charge on any atom is -0.361 e. The molecule has 140 valence electrons. The molecule has 3 aromatic carbocycles. The van der Waals surface area contributed by atoms with Crippen molar-refractivity contribution in [3.63, 3.8) is 0 Å². The number of anilines is 1. The van der Waals surface area contributed by atoms with E-state index in [-0.39, 0.29) is 11.6 Å². The summed E-state index contributed by atoms with van der Waals surface area (Å²) < 4.78 is 13.8. The maximum Gasteiger partial charge on any atom is 0.319 e. The molecule has 4 nitrogen and oxygen atoms in total. The van der Waals surface area contributed by atoms with Crippen LogP contribution in [0.5, 0.6) is 0 Å². The maximum absolute atomic E-state index is 13.8. The second-order valence-corrected chi connectivity index (χ2v) is 6.57. The zero-order valence-electron chi connectivity index (χ0n) is 15.2. The van der Waals surface area contributed by atoms with Gasteiger partial charge in [0.15, 0.2) is 0 Å². The lowest BCUT2D eigenvalue weighted by Gasteiger charge is -2.18. The number of urea groups is 1. The van der Waals surface area contributed by atoms with Crippen LogP contribution >= 0.6 is 0 Å². The lowest BCUT2D eigenvalue weighted by molar-refractivity contribution is 0.251. The monoisotopic (exact) mass is 373 g/mol. The molecule has 0 unspecified atom stereocenters. The lowest BCUT2D eigenvalue weighted by atomic mass is 9.91. The van der Waals surface area contributed by atoms with E-state index in [0.29, 0.717) is 6.54 Å². The largest absolute Gasteiger partial charge is 0.361 e. The summed E-state index contributed by atoms with van der Waals surface area (Å²) in [4.78, 5) is 15.6. The molecule has 1 heterocycles. The molecular weight excluding hydrogens is 353 g/mol. The lowest BCUT2D eigenvalue weighted by Crippen LogP contribution is -2.33. The Bertz CT molecular complexity index is 1090. The summed E-state index contributed by atoms with van der Waals surface area (Å²) in [5.74, 6) is -0.502. The van der Waals surface area contributed by atoms with E-state index in [4.69, 9.17) is 0 Å². The van der Waals surface area contributed by atoms with Gasteiger partial charge in [0.25, 0.3) is 0 Å². The summed E-state index contributed by atoms with van der Waals surface area (Å²) in [6.07, 6.45) is 1.98. The van der Waals surface area contributed by atoms with Crippen LogP contribution in [0.3, 0.4) is 0 Å². The van der Waals surface area contributed by atoms with Gasteiger partial charge in [0, 0.05) is 29.6 Å². The second-order valence-electron chi connectivity index (χ2n) is 6.57. The van der Waals surface area contributed by atoms with Crippen molar-refractivity contribution in [1.82, 2.24) is 10.3 Å². The van der Waals surface area contributed by atoms with Gasteiger partial charge in [-0.3, -0.25) is 0 Å². The highest BCUT2D eigenvalue weighted by molar-refractivity contribution is 5.89. The van der Waals surface area contributed by atoms with E-state index >= 15 is 0 Å². The van der Waals surface area contributed by atoms with E-state index < -0.39 is 11.8 Å². The minimum absolute atomic E-state index is 0.0382. The van der Waals surface area contributed by atoms with E-state index in [9.17, 15) is 9.18 Å². The average Bonchev–Trinajstić information content (AvgIpc) is 3.15. The summed E-state index contributed by atoms with van der Waals surface area (Å²) >= 11 is 0. The number of rotatable bonds is 5. The first kappa shape index (κ1) is 17.8. The maximum atomic E-state index is 13.8. The van der Waals surface area contributed by atoms with E-state index in [0.717, 1.165) is 22.0 Å². The molecule has 5 heteroatoms. The third-order valence-electron chi connectivity index (χ3n) is 4.79. The first-order chi connectivity index (χ1) is 13.7. The first-order valence-electron chi connectivity index (χ1n) is 9.12. The zero-order chi connectivity index (χ0) is 19.3. The number of fused-ring (bicyclic) bond motifs is 1. The van der Waals surface area contributed by atoms with Crippen molar-refractivity contribution < 1.29 is 9.18 Å². The molecule has 28 heavy (non-hydrogen) atoms. The summed E-state index contributed by atoms with van der Waals surface area (Å²) in [5, 5.41) is 6.56. The highest BCUT2D eigenvalue weighted by Crippen LogP contribution is 2.30. The van der Waals surface area contributed by atoms with Crippen LogP contribution in [0.25, 0.3) is 10.9 Å². The number of nitrogens with one attached hydrogen (secondary N) is 3. The molecule has 0 spiro atoms. The normalized spacial score (nSPS) is 11.9. The highest BCUT2D eigenvalue weighted by Gasteiger charge is 2.19. The Morgan fingerprint density at radius 1 is 0.929 bits per heavy atom. The van der Waals surface area contributed by atoms with Crippen molar-refractivity contribution in [2.75, 3.05) is 11.9 Å². The van der Waals surface area contributed by atoms with Crippen LogP contribution in [0.2, 0.25) is 0 Å². The zero-order valence-corrected chi connectivity index (χ0v) is 15.2. The molecule has 1 aromatic heterocycles. The molecule has 0 aliphatic carbocycles. The van der Waals surface area contributed by atoms with E-state index in [2.05, 4.69) is 21.7 Å². The number of carbonyl (C=O) groups is 1. The number of aromatic nitrogens is 1. The van der Waals surface area contributed by atoms with Crippen molar-refractivity contribution in [1.29, 1.82) is 0 Å². The Hall–Kier alpha value is -3.60. The van der Waals surface area contributed by atoms with Gasteiger partial charge in [-0.05, 0) is 29.3 Å². The molecule has 3 N–H and O–H groups in total. The summed E-state index contributed by atoms with van der Waals surface area (Å²) in [5.41, 5.74) is 3.41. The van der Waals surface area contributed by atoms with Gasteiger partial charge in [-0.15, -0.1) is 0 Å². The molecule has 4 aromatic rings. The van der Waals surface area contributed by atoms with Crippen molar-refractivity contribution in [2.45, 2.75) is 5.92 Å². The Labute approximate surface area is 162 Å². The predicted octanol–water partition coefficient (Wildman–Crippen LogP) is 5.26. The number of aromatic amines is 1. The Morgan fingerprint density at radius 3 is 2.46 bits per heavy atom. The SMILES string of the molecule is O=C(NC[C@@H](c1ccccc1)c1c[nH]c2ccccc12)Nc1ccccc1F. The molecule has 0 radical (unpaired) electrons. The van der Waals surface area contributed by atoms with Gasteiger partial charge in [-0.2, -0.15) is 0 Å². The average molecular weight is 373 g/mol. The van der Waals surface area contributed by atoms with Gasteiger partial charge in [0.1, 0.15) is 5.82 Å². The Morgan fingerprint density at radius 2 is 1.64 bits per heavy atom. The van der Waals surface area contributed by atoms with Crippen LogP contribution in [-0.2, 0) is 0 Å². The van der Waals surface area contributed by atoms with Crippen LogP contribution in [0.4, 0.5) is 14.9 Å². The quantitative estimate of drug-likeness (QED) is 0.439. The molecule has 0 saturated heterocycles. The molecule has 0 aliphatic heterocycles. The van der Waals surface area contributed by atoms with Gasteiger partial charge in [-0.1, -0.05) is 60.7 Å². The predicted molar refractivity (Wildman–Crippen MR) is 110 cm³/mol. The van der Waals surface area contributed by atoms with Gasteiger partial charge in [-0.25, -0.2) is 9.18 Å². The van der Waals surface area contributed by atoms with Crippen LogP contribution < -0.4 is 10.6 Å². The van der Waals surface area contributed by atoms with E-state index in [1.165, 1.54) is 12.1 Å². The fourth-order valence-electron chi connectivity index (χ4n) is 3.40. The number of hydrogen-bond acceptors (Lipinski definition) is 1. The Balaban J connectivity index is 1.57. The number of hydrogen-bond donors (Lipinski definition) is 3. The summed E-state index contributed by atoms with van der Waals surface area (Å²) in [6, 6.07) is 23.8. The Kier molecular flexibility index (Phi) is 5.06. The third-order valence-corrected chi connectivity index (χ3v) is 4.79. The fraction of sp³-hybridized carbons (Fsp3) is 0.0870. The summed E-state index contributed by atoms with van der Waals surface area (Å²) in [6.45, 7) is 0.381.